The van der Waals surface area contributed by atoms with E-state index in [9.17, 15) is 0 Å². The SMILES string of the molecule is c1ccc(-c2ccc(-c3ccc(N(c4ccc(-c5ccc6c(c5)c5cccc7c8ccccc8n6c75)cc4)c4ccc(-c5ccc6c7ccccc7n(-c7ccccc7)c6c5)cc4)cc3)cc2)cc1. The molecule has 0 bridgehead atoms. The van der Waals surface area contributed by atoms with Crippen LogP contribution in [0.2, 0.25) is 0 Å². The van der Waals surface area contributed by atoms with Crippen molar-refractivity contribution in [1.82, 2.24) is 8.97 Å². The third-order valence-electron chi connectivity index (χ3n) is 14.3. The van der Waals surface area contributed by atoms with E-state index in [2.05, 4.69) is 275 Å². The molecular formula is C66H43N3. The quantitative estimate of drug-likeness (QED) is 0.148. The second-order valence-corrected chi connectivity index (χ2v) is 18.1. The molecule has 322 valence electrons. The molecule has 0 aliphatic carbocycles. The Labute approximate surface area is 400 Å². The molecule has 69 heavy (non-hydrogen) atoms. The number of aromatic nitrogens is 2. The largest absolute Gasteiger partial charge is 0.311 e. The number of rotatable bonds is 8. The van der Waals surface area contributed by atoms with Crippen LogP contribution in [-0.4, -0.2) is 8.97 Å². The minimum absolute atomic E-state index is 1.09. The molecule has 0 fully saturated rings. The van der Waals surface area contributed by atoms with E-state index < -0.39 is 0 Å². The Hall–Kier alpha value is -9.18. The summed E-state index contributed by atoms with van der Waals surface area (Å²) in [6.45, 7) is 0. The maximum absolute atomic E-state index is 2.44. The highest BCUT2D eigenvalue weighted by molar-refractivity contribution is 6.23. The van der Waals surface area contributed by atoms with Crippen LogP contribution in [0.1, 0.15) is 0 Å². The predicted molar refractivity (Wildman–Crippen MR) is 292 cm³/mol. The summed E-state index contributed by atoms with van der Waals surface area (Å²) in [6, 6.07) is 95.3. The molecule has 3 heterocycles. The van der Waals surface area contributed by atoms with Crippen LogP contribution in [-0.2, 0) is 0 Å². The summed E-state index contributed by atoms with van der Waals surface area (Å²) in [5.74, 6) is 0. The Morgan fingerprint density at radius 1 is 0.232 bits per heavy atom. The average molecular weight is 878 g/mol. The second-order valence-electron chi connectivity index (χ2n) is 18.1. The summed E-state index contributed by atoms with van der Waals surface area (Å²) < 4.78 is 4.83. The Balaban J connectivity index is 0.838. The molecule has 3 aromatic heterocycles. The Morgan fingerprint density at radius 2 is 0.623 bits per heavy atom. The summed E-state index contributed by atoms with van der Waals surface area (Å²) in [5.41, 5.74) is 20.2. The van der Waals surface area contributed by atoms with Crippen molar-refractivity contribution in [3.05, 3.63) is 261 Å². The lowest BCUT2D eigenvalue weighted by molar-refractivity contribution is 1.18. The number of anilines is 3. The van der Waals surface area contributed by atoms with Gasteiger partial charge in [-0.3, -0.25) is 0 Å². The number of hydrogen-bond donors (Lipinski definition) is 0. The van der Waals surface area contributed by atoms with E-state index in [0.717, 1.165) is 22.7 Å². The Kier molecular flexibility index (Phi) is 8.90. The van der Waals surface area contributed by atoms with E-state index in [1.807, 2.05) is 0 Å². The predicted octanol–water partition coefficient (Wildman–Crippen LogP) is 18.1. The van der Waals surface area contributed by atoms with Gasteiger partial charge in [0.15, 0.2) is 0 Å². The van der Waals surface area contributed by atoms with Crippen molar-refractivity contribution in [2.24, 2.45) is 0 Å². The normalized spacial score (nSPS) is 11.8. The minimum Gasteiger partial charge on any atom is -0.311 e. The Morgan fingerprint density at radius 3 is 1.23 bits per heavy atom. The van der Waals surface area contributed by atoms with Gasteiger partial charge in [-0.2, -0.15) is 0 Å². The molecule has 0 spiro atoms. The molecule has 14 rings (SSSR count). The van der Waals surface area contributed by atoms with Gasteiger partial charge in [0, 0.05) is 55.1 Å². The number of hydrogen-bond acceptors (Lipinski definition) is 1. The van der Waals surface area contributed by atoms with Crippen LogP contribution in [0.15, 0.2) is 261 Å². The van der Waals surface area contributed by atoms with Crippen LogP contribution in [0.25, 0.3) is 110 Å². The molecule has 11 aromatic carbocycles. The molecule has 0 aliphatic heterocycles. The zero-order valence-corrected chi connectivity index (χ0v) is 37.7. The molecule has 3 nitrogen and oxygen atoms in total. The first-order valence-electron chi connectivity index (χ1n) is 23.7. The molecule has 0 radical (unpaired) electrons. The summed E-state index contributed by atoms with van der Waals surface area (Å²) in [6.07, 6.45) is 0. The second kappa shape index (κ2) is 15.7. The lowest BCUT2D eigenvalue weighted by Gasteiger charge is -2.26. The van der Waals surface area contributed by atoms with Gasteiger partial charge in [0.25, 0.3) is 0 Å². The van der Waals surface area contributed by atoms with Gasteiger partial charge < -0.3 is 13.9 Å². The highest BCUT2D eigenvalue weighted by Crippen LogP contribution is 2.42. The van der Waals surface area contributed by atoms with Crippen molar-refractivity contribution in [3.8, 4) is 50.2 Å². The first kappa shape index (κ1) is 39.0. The fourth-order valence-electron chi connectivity index (χ4n) is 11.0. The van der Waals surface area contributed by atoms with E-state index in [0.29, 0.717) is 0 Å². The van der Waals surface area contributed by atoms with E-state index in [1.54, 1.807) is 0 Å². The van der Waals surface area contributed by atoms with Crippen LogP contribution in [0.4, 0.5) is 17.1 Å². The van der Waals surface area contributed by atoms with Crippen LogP contribution in [0.3, 0.4) is 0 Å². The van der Waals surface area contributed by atoms with Crippen LogP contribution >= 0.6 is 0 Å². The number of fused-ring (bicyclic) bond motifs is 9. The third-order valence-corrected chi connectivity index (χ3v) is 14.3. The fourth-order valence-corrected chi connectivity index (χ4v) is 11.0. The highest BCUT2D eigenvalue weighted by atomic mass is 15.1. The van der Waals surface area contributed by atoms with Gasteiger partial charge in [0.05, 0.1) is 27.6 Å². The maximum Gasteiger partial charge on any atom is 0.0620 e. The van der Waals surface area contributed by atoms with Crippen molar-refractivity contribution in [1.29, 1.82) is 0 Å². The summed E-state index contributed by atoms with van der Waals surface area (Å²) in [4.78, 5) is 2.37. The van der Waals surface area contributed by atoms with E-state index in [-0.39, 0.29) is 0 Å². The monoisotopic (exact) mass is 877 g/mol. The van der Waals surface area contributed by atoms with Crippen LogP contribution in [0.5, 0.6) is 0 Å². The van der Waals surface area contributed by atoms with Gasteiger partial charge >= 0.3 is 0 Å². The molecule has 0 aliphatic rings. The standard InChI is InChI=1S/C66H43N3/c1-3-12-44(13-4-1)45-22-24-46(25-23-45)47-26-34-53(35-27-47)67(55-38-30-49(31-39-55)51-32-40-58-56-16-7-9-20-62(56)68(65(58)43-51)52-14-5-2-6-15-52)54-36-28-48(29-37-54)50-33-41-64-61(42-50)60-19-11-18-59-57-17-8-10-21-63(57)69(64)66(59)60/h1-43H. The van der Waals surface area contributed by atoms with Gasteiger partial charge in [0.1, 0.15) is 0 Å². The molecule has 0 amide bonds. The molecule has 0 N–H and O–H groups in total. The molecular weight excluding hydrogens is 835 g/mol. The minimum atomic E-state index is 1.09. The molecule has 0 atom stereocenters. The highest BCUT2D eigenvalue weighted by Gasteiger charge is 2.19. The first-order chi connectivity index (χ1) is 34.2. The maximum atomic E-state index is 2.44. The van der Waals surface area contributed by atoms with Crippen molar-refractivity contribution in [2.45, 2.75) is 0 Å². The molecule has 14 aromatic rings. The molecule has 3 heteroatoms. The van der Waals surface area contributed by atoms with E-state index in [4.69, 9.17) is 0 Å². The van der Waals surface area contributed by atoms with Gasteiger partial charge in [0.2, 0.25) is 0 Å². The van der Waals surface area contributed by atoms with Gasteiger partial charge in [-0.25, -0.2) is 0 Å². The summed E-state index contributed by atoms with van der Waals surface area (Å²) in [5, 5.41) is 7.69. The lowest BCUT2D eigenvalue weighted by atomic mass is 9.99. The van der Waals surface area contributed by atoms with Gasteiger partial charge in [-0.05, 0) is 123 Å². The first-order valence-corrected chi connectivity index (χ1v) is 23.7. The summed E-state index contributed by atoms with van der Waals surface area (Å²) in [7, 11) is 0. The third kappa shape index (κ3) is 6.36. The molecule has 0 unspecified atom stereocenters. The average Bonchev–Trinajstić information content (AvgIpc) is 4.07. The van der Waals surface area contributed by atoms with Gasteiger partial charge in [-0.1, -0.05) is 182 Å². The lowest BCUT2D eigenvalue weighted by Crippen LogP contribution is -2.09. The van der Waals surface area contributed by atoms with Crippen molar-refractivity contribution < 1.29 is 0 Å². The van der Waals surface area contributed by atoms with Crippen molar-refractivity contribution in [2.75, 3.05) is 4.90 Å². The topological polar surface area (TPSA) is 12.6 Å². The van der Waals surface area contributed by atoms with Crippen LogP contribution in [0, 0.1) is 0 Å². The fraction of sp³-hybridized carbons (Fsp3) is 0. The van der Waals surface area contributed by atoms with E-state index in [1.165, 1.54) is 104 Å². The zero-order valence-electron chi connectivity index (χ0n) is 37.7. The number of para-hydroxylation sites is 4. The zero-order chi connectivity index (χ0) is 45.4. The van der Waals surface area contributed by atoms with Gasteiger partial charge in [-0.15, -0.1) is 0 Å². The van der Waals surface area contributed by atoms with E-state index >= 15 is 0 Å². The molecule has 0 saturated heterocycles. The van der Waals surface area contributed by atoms with Crippen molar-refractivity contribution >= 4 is 77.0 Å². The number of benzene rings is 11. The smallest absolute Gasteiger partial charge is 0.0620 e. The summed E-state index contributed by atoms with van der Waals surface area (Å²) >= 11 is 0. The number of nitrogens with zero attached hydrogens (tertiary/aromatic N) is 3. The molecule has 0 saturated carbocycles. The van der Waals surface area contributed by atoms with Crippen molar-refractivity contribution in [3.63, 3.8) is 0 Å². The Bertz CT molecular complexity index is 4180. The van der Waals surface area contributed by atoms with Crippen LogP contribution < -0.4 is 4.90 Å².